The van der Waals surface area contributed by atoms with Gasteiger partial charge in [-0.2, -0.15) is 4.31 Å². The smallest absolute Gasteiger partial charge is 0.261 e. The summed E-state index contributed by atoms with van der Waals surface area (Å²) in [6.45, 7) is 4.25. The lowest BCUT2D eigenvalue weighted by atomic mass is 10.2. The van der Waals surface area contributed by atoms with Crippen molar-refractivity contribution in [2.75, 3.05) is 25.5 Å². The number of para-hydroxylation sites is 2. The van der Waals surface area contributed by atoms with Crippen molar-refractivity contribution in [3.05, 3.63) is 59.5 Å². The van der Waals surface area contributed by atoms with Gasteiger partial charge < -0.3 is 19.3 Å². The van der Waals surface area contributed by atoms with Gasteiger partial charge in [-0.25, -0.2) is 8.42 Å². The average Bonchev–Trinajstić information content (AvgIpc) is 3.18. The average molecular weight is 486 g/mol. The Labute approximate surface area is 198 Å². The van der Waals surface area contributed by atoms with E-state index in [1.54, 1.807) is 38.1 Å². The number of ether oxygens (including phenoxy) is 2. The van der Waals surface area contributed by atoms with Crippen LogP contribution >= 0.6 is 0 Å². The van der Waals surface area contributed by atoms with E-state index in [1.807, 2.05) is 0 Å². The van der Waals surface area contributed by atoms with Gasteiger partial charge in [0.2, 0.25) is 10.0 Å². The van der Waals surface area contributed by atoms with Crippen LogP contribution in [0.1, 0.15) is 41.1 Å². The van der Waals surface area contributed by atoms with Crippen LogP contribution < -0.4 is 14.8 Å². The molecule has 0 unspecified atom stereocenters. The molecule has 1 N–H and O–H groups in total. The van der Waals surface area contributed by atoms with E-state index in [-0.39, 0.29) is 21.9 Å². The van der Waals surface area contributed by atoms with E-state index in [2.05, 4.69) is 10.5 Å². The van der Waals surface area contributed by atoms with E-state index in [0.717, 1.165) is 19.3 Å². The summed E-state index contributed by atoms with van der Waals surface area (Å²) < 4.78 is 44.5. The fraction of sp³-hybridized carbons (Fsp3) is 0.333. The minimum Gasteiger partial charge on any atom is -0.493 e. The lowest BCUT2D eigenvalue weighted by Crippen LogP contribution is -2.35. The first-order valence-electron chi connectivity index (χ1n) is 11.0. The molecule has 1 fully saturated rings. The first-order valence-corrected chi connectivity index (χ1v) is 12.4. The van der Waals surface area contributed by atoms with Crippen LogP contribution in [-0.4, -0.2) is 44.0 Å². The van der Waals surface area contributed by atoms with Crippen molar-refractivity contribution in [1.29, 1.82) is 0 Å². The number of nitrogens with zero attached hydrogens (tertiary/aromatic N) is 2. The normalized spacial score (nSPS) is 14.6. The molecule has 10 heteroatoms. The largest absolute Gasteiger partial charge is 0.493 e. The van der Waals surface area contributed by atoms with Gasteiger partial charge in [-0.05, 0) is 57.0 Å². The van der Waals surface area contributed by atoms with Crippen molar-refractivity contribution in [2.24, 2.45) is 0 Å². The second kappa shape index (κ2) is 9.86. The van der Waals surface area contributed by atoms with Gasteiger partial charge in [-0.1, -0.05) is 23.7 Å². The third-order valence-corrected chi connectivity index (χ3v) is 7.60. The van der Waals surface area contributed by atoms with E-state index in [0.29, 0.717) is 36.0 Å². The molecule has 0 aliphatic carbocycles. The van der Waals surface area contributed by atoms with Gasteiger partial charge in [0.05, 0.1) is 23.4 Å². The lowest BCUT2D eigenvalue weighted by Gasteiger charge is -2.26. The van der Waals surface area contributed by atoms with E-state index >= 15 is 0 Å². The SMILES string of the molecule is COc1ccccc1Oc1ccc(S(=O)(=O)N2CCCCC2)cc1NC(=O)c1c(C)noc1C. The number of methoxy groups -OCH3 is 1. The second-order valence-electron chi connectivity index (χ2n) is 8.03. The highest BCUT2D eigenvalue weighted by Gasteiger charge is 2.28. The number of carbonyl (C=O) groups is 1. The molecule has 1 aromatic heterocycles. The Bertz CT molecular complexity index is 1280. The van der Waals surface area contributed by atoms with Gasteiger partial charge in [-0.3, -0.25) is 4.79 Å². The minimum atomic E-state index is -3.72. The Morgan fingerprint density at radius 3 is 2.38 bits per heavy atom. The number of nitrogens with one attached hydrogen (secondary N) is 1. The molecule has 1 aliphatic heterocycles. The zero-order chi connectivity index (χ0) is 24.3. The number of aromatic nitrogens is 1. The van der Waals surface area contributed by atoms with Gasteiger partial charge >= 0.3 is 0 Å². The van der Waals surface area contributed by atoms with Crippen LogP contribution in [0.2, 0.25) is 0 Å². The van der Waals surface area contributed by atoms with Crippen LogP contribution in [0.5, 0.6) is 17.2 Å². The third-order valence-electron chi connectivity index (χ3n) is 5.70. The molecule has 3 aromatic rings. The maximum atomic E-state index is 13.3. The summed E-state index contributed by atoms with van der Waals surface area (Å²) in [6.07, 6.45) is 2.66. The highest BCUT2D eigenvalue weighted by molar-refractivity contribution is 7.89. The summed E-state index contributed by atoms with van der Waals surface area (Å²) in [7, 11) is -2.20. The standard InChI is InChI=1S/C24H27N3O6S/c1-16-23(17(2)33-26-16)24(28)25-19-15-18(34(29,30)27-13-7-4-8-14-27)11-12-20(19)32-22-10-6-5-9-21(22)31-3/h5-6,9-12,15H,4,7-8,13-14H2,1-3H3,(H,25,28). The van der Waals surface area contributed by atoms with Crippen molar-refractivity contribution < 1.29 is 27.2 Å². The Kier molecular flexibility index (Phi) is 6.90. The molecule has 0 saturated carbocycles. The second-order valence-corrected chi connectivity index (χ2v) is 9.97. The van der Waals surface area contributed by atoms with Crippen LogP contribution in [-0.2, 0) is 10.0 Å². The number of carbonyl (C=O) groups excluding carboxylic acids is 1. The maximum absolute atomic E-state index is 13.3. The Hall–Kier alpha value is -3.37. The molecular weight excluding hydrogens is 458 g/mol. The number of benzene rings is 2. The van der Waals surface area contributed by atoms with Crippen molar-refractivity contribution in [1.82, 2.24) is 9.46 Å². The van der Waals surface area contributed by atoms with Gasteiger partial charge in [0.25, 0.3) is 5.91 Å². The summed E-state index contributed by atoms with van der Waals surface area (Å²) >= 11 is 0. The number of sulfonamides is 1. The van der Waals surface area contributed by atoms with E-state index in [1.165, 1.54) is 29.6 Å². The zero-order valence-corrected chi connectivity index (χ0v) is 20.1. The zero-order valence-electron chi connectivity index (χ0n) is 19.3. The Morgan fingerprint density at radius 2 is 1.74 bits per heavy atom. The number of hydrogen-bond donors (Lipinski definition) is 1. The molecule has 0 bridgehead atoms. The van der Waals surface area contributed by atoms with Gasteiger partial charge in [0.1, 0.15) is 11.3 Å². The van der Waals surface area contributed by atoms with Gasteiger partial charge in [0, 0.05) is 13.1 Å². The summed E-state index contributed by atoms with van der Waals surface area (Å²) in [5.41, 5.74) is 0.917. The molecule has 1 amide bonds. The monoisotopic (exact) mass is 485 g/mol. The summed E-state index contributed by atoms with van der Waals surface area (Å²) in [6, 6.07) is 11.5. The summed E-state index contributed by atoms with van der Waals surface area (Å²) in [5.74, 6) is 1.06. The molecule has 0 atom stereocenters. The molecule has 2 heterocycles. The quantitative estimate of drug-likeness (QED) is 0.524. The number of piperidine rings is 1. The molecule has 34 heavy (non-hydrogen) atoms. The number of anilines is 1. The van der Waals surface area contributed by atoms with Crippen LogP contribution in [0, 0.1) is 13.8 Å². The molecule has 180 valence electrons. The lowest BCUT2D eigenvalue weighted by molar-refractivity contribution is 0.102. The Morgan fingerprint density at radius 1 is 1.03 bits per heavy atom. The number of hydrogen-bond acceptors (Lipinski definition) is 7. The van der Waals surface area contributed by atoms with Crippen LogP contribution in [0.25, 0.3) is 0 Å². The third kappa shape index (κ3) is 4.78. The molecule has 0 radical (unpaired) electrons. The molecule has 1 aliphatic rings. The van der Waals surface area contributed by atoms with Crippen LogP contribution in [0.3, 0.4) is 0 Å². The number of aryl methyl sites for hydroxylation is 2. The Balaban J connectivity index is 1.74. The van der Waals surface area contributed by atoms with E-state index < -0.39 is 15.9 Å². The molecular formula is C24H27N3O6S. The highest BCUT2D eigenvalue weighted by atomic mass is 32.2. The molecule has 0 spiro atoms. The topological polar surface area (TPSA) is 111 Å². The fourth-order valence-electron chi connectivity index (χ4n) is 3.92. The molecule has 9 nitrogen and oxygen atoms in total. The van der Waals surface area contributed by atoms with E-state index in [9.17, 15) is 13.2 Å². The van der Waals surface area contributed by atoms with Crippen molar-refractivity contribution in [3.8, 4) is 17.2 Å². The number of rotatable bonds is 7. The van der Waals surface area contributed by atoms with Crippen LogP contribution in [0.15, 0.2) is 51.9 Å². The first kappa shape index (κ1) is 23.8. The number of amides is 1. The van der Waals surface area contributed by atoms with Gasteiger partial charge in [0.15, 0.2) is 17.2 Å². The fourth-order valence-corrected chi connectivity index (χ4v) is 5.47. The van der Waals surface area contributed by atoms with Crippen molar-refractivity contribution >= 4 is 21.6 Å². The predicted octanol–water partition coefficient (Wildman–Crippen LogP) is 4.52. The highest BCUT2D eigenvalue weighted by Crippen LogP contribution is 2.37. The first-order chi connectivity index (χ1) is 16.3. The summed E-state index contributed by atoms with van der Waals surface area (Å²) in [5, 5.41) is 6.60. The molecule has 4 rings (SSSR count). The molecule has 1 saturated heterocycles. The predicted molar refractivity (Wildman–Crippen MR) is 126 cm³/mol. The maximum Gasteiger partial charge on any atom is 0.261 e. The van der Waals surface area contributed by atoms with Gasteiger partial charge in [-0.15, -0.1) is 0 Å². The summed E-state index contributed by atoms with van der Waals surface area (Å²) in [4.78, 5) is 13.1. The van der Waals surface area contributed by atoms with Crippen molar-refractivity contribution in [2.45, 2.75) is 38.0 Å². The molecule has 2 aromatic carbocycles. The van der Waals surface area contributed by atoms with Crippen molar-refractivity contribution in [3.63, 3.8) is 0 Å². The minimum absolute atomic E-state index is 0.0795. The van der Waals surface area contributed by atoms with E-state index in [4.69, 9.17) is 14.0 Å². The van der Waals surface area contributed by atoms with Crippen LogP contribution in [0.4, 0.5) is 5.69 Å².